The van der Waals surface area contributed by atoms with Crippen LogP contribution in [-0.4, -0.2) is 39.6 Å². The molecule has 0 aliphatic heterocycles. The SMILES string of the molecule is Cc1cccc(-c2c(-c3ccc4nnn(C)c4n3)nc3scnn23)n1. The largest absolute Gasteiger partial charge is 0.251 e. The van der Waals surface area contributed by atoms with Gasteiger partial charge in [-0.1, -0.05) is 22.6 Å². The van der Waals surface area contributed by atoms with Gasteiger partial charge in [0.2, 0.25) is 4.96 Å². The van der Waals surface area contributed by atoms with Crippen molar-refractivity contribution in [3.05, 3.63) is 41.5 Å². The predicted molar refractivity (Wildman–Crippen MR) is 94.1 cm³/mol. The van der Waals surface area contributed by atoms with Crippen molar-refractivity contribution in [1.82, 2.24) is 39.6 Å². The van der Waals surface area contributed by atoms with Crippen LogP contribution in [0.1, 0.15) is 5.69 Å². The van der Waals surface area contributed by atoms with Gasteiger partial charge >= 0.3 is 0 Å². The van der Waals surface area contributed by atoms with Gasteiger partial charge in [0.15, 0.2) is 5.65 Å². The zero-order chi connectivity index (χ0) is 17.0. The summed E-state index contributed by atoms with van der Waals surface area (Å²) in [5.74, 6) is 0. The summed E-state index contributed by atoms with van der Waals surface area (Å²) in [6, 6.07) is 9.72. The Morgan fingerprint density at radius 2 is 1.92 bits per heavy atom. The van der Waals surface area contributed by atoms with Crippen LogP contribution in [0, 0.1) is 6.92 Å². The van der Waals surface area contributed by atoms with E-state index in [-0.39, 0.29) is 0 Å². The molecule has 0 fully saturated rings. The molecule has 0 saturated heterocycles. The minimum Gasteiger partial charge on any atom is -0.251 e. The van der Waals surface area contributed by atoms with Crippen LogP contribution in [0.5, 0.6) is 0 Å². The molecule has 0 aliphatic rings. The topological polar surface area (TPSA) is 86.7 Å². The van der Waals surface area contributed by atoms with E-state index in [4.69, 9.17) is 9.97 Å². The Morgan fingerprint density at radius 3 is 2.80 bits per heavy atom. The quantitative estimate of drug-likeness (QED) is 0.487. The standard InChI is InChI=1S/C16H12N8S/c1-9-4-3-5-11(18-9)14-13(20-16-24(14)17-8-25-16)10-6-7-12-15(19-10)23(2)22-21-12/h3-8H,1-2H3. The maximum absolute atomic E-state index is 4.74. The van der Waals surface area contributed by atoms with Crippen LogP contribution >= 0.6 is 11.3 Å². The number of hydrogen-bond donors (Lipinski definition) is 0. The van der Waals surface area contributed by atoms with Gasteiger partial charge in [0.1, 0.15) is 22.4 Å². The molecule has 0 radical (unpaired) electrons. The molecule has 0 spiro atoms. The number of rotatable bonds is 2. The van der Waals surface area contributed by atoms with Crippen molar-refractivity contribution >= 4 is 27.5 Å². The fourth-order valence-corrected chi connectivity index (χ4v) is 3.44. The molecule has 5 heterocycles. The van der Waals surface area contributed by atoms with Crippen molar-refractivity contribution in [2.75, 3.05) is 0 Å². The Bertz CT molecular complexity index is 1230. The first-order chi connectivity index (χ1) is 12.2. The Balaban J connectivity index is 1.81. The molecule has 0 bridgehead atoms. The molecule has 25 heavy (non-hydrogen) atoms. The third kappa shape index (κ3) is 2.13. The molecular formula is C16H12N8S. The summed E-state index contributed by atoms with van der Waals surface area (Å²) < 4.78 is 3.47. The molecule has 0 atom stereocenters. The Labute approximate surface area is 145 Å². The summed E-state index contributed by atoms with van der Waals surface area (Å²) in [7, 11) is 1.82. The lowest BCUT2D eigenvalue weighted by atomic mass is 10.1. The van der Waals surface area contributed by atoms with E-state index in [0.29, 0.717) is 5.65 Å². The van der Waals surface area contributed by atoms with Crippen molar-refractivity contribution in [3.63, 3.8) is 0 Å². The third-order valence-corrected chi connectivity index (χ3v) is 4.64. The Hall–Kier alpha value is -3.20. The number of nitrogens with zero attached hydrogens (tertiary/aromatic N) is 8. The molecular weight excluding hydrogens is 336 g/mol. The molecule has 8 nitrogen and oxygen atoms in total. The molecule has 122 valence electrons. The van der Waals surface area contributed by atoms with Gasteiger partial charge in [-0.2, -0.15) is 5.10 Å². The zero-order valence-corrected chi connectivity index (χ0v) is 14.3. The second-order valence-corrected chi connectivity index (χ2v) is 6.47. The number of aromatic nitrogens is 8. The normalized spacial score (nSPS) is 11.6. The summed E-state index contributed by atoms with van der Waals surface area (Å²) in [4.78, 5) is 14.9. The Kier molecular flexibility index (Phi) is 2.92. The molecule has 5 rings (SSSR count). The van der Waals surface area contributed by atoms with E-state index in [0.717, 1.165) is 38.9 Å². The van der Waals surface area contributed by atoms with Crippen LogP contribution in [0.4, 0.5) is 0 Å². The minimum absolute atomic E-state index is 0.713. The summed E-state index contributed by atoms with van der Waals surface area (Å²) >= 11 is 1.48. The van der Waals surface area contributed by atoms with Crippen LogP contribution in [0.3, 0.4) is 0 Å². The summed E-state index contributed by atoms with van der Waals surface area (Å²) in [5.41, 5.74) is 7.32. The molecule has 0 unspecified atom stereocenters. The van der Waals surface area contributed by atoms with Crippen LogP contribution < -0.4 is 0 Å². The summed E-state index contributed by atoms with van der Waals surface area (Å²) in [6.45, 7) is 1.97. The number of fused-ring (bicyclic) bond motifs is 2. The summed E-state index contributed by atoms with van der Waals surface area (Å²) in [6.07, 6.45) is 0. The maximum atomic E-state index is 4.74. The van der Waals surface area contributed by atoms with Crippen molar-refractivity contribution in [2.24, 2.45) is 7.05 Å². The third-order valence-electron chi connectivity index (χ3n) is 3.97. The van der Waals surface area contributed by atoms with Gasteiger partial charge in [-0.25, -0.2) is 19.2 Å². The van der Waals surface area contributed by atoms with E-state index in [9.17, 15) is 0 Å². The minimum atomic E-state index is 0.713. The lowest BCUT2D eigenvalue weighted by molar-refractivity contribution is 0.730. The predicted octanol–water partition coefficient (Wildman–Crippen LogP) is 2.50. The molecule has 9 heteroatoms. The van der Waals surface area contributed by atoms with Gasteiger partial charge < -0.3 is 0 Å². The molecule has 0 aromatic carbocycles. The van der Waals surface area contributed by atoms with E-state index in [1.54, 1.807) is 10.2 Å². The first-order valence-electron chi connectivity index (χ1n) is 7.64. The van der Waals surface area contributed by atoms with Crippen LogP contribution in [0.25, 0.3) is 38.9 Å². The van der Waals surface area contributed by atoms with Crippen molar-refractivity contribution in [1.29, 1.82) is 0 Å². The molecule has 0 amide bonds. The lowest BCUT2D eigenvalue weighted by Gasteiger charge is -2.04. The van der Waals surface area contributed by atoms with Gasteiger partial charge in [0, 0.05) is 12.7 Å². The van der Waals surface area contributed by atoms with Crippen LogP contribution in [0.2, 0.25) is 0 Å². The smallest absolute Gasteiger partial charge is 0.213 e. The first kappa shape index (κ1) is 14.2. The molecule has 5 aromatic heterocycles. The fraction of sp³-hybridized carbons (Fsp3) is 0.125. The second kappa shape index (κ2) is 5.15. The first-order valence-corrected chi connectivity index (χ1v) is 8.52. The van der Waals surface area contributed by atoms with Crippen molar-refractivity contribution in [3.8, 4) is 22.8 Å². The average molecular weight is 348 g/mol. The second-order valence-electron chi connectivity index (χ2n) is 5.66. The van der Waals surface area contributed by atoms with Crippen LogP contribution in [-0.2, 0) is 7.05 Å². The highest BCUT2D eigenvalue weighted by Crippen LogP contribution is 2.32. The van der Waals surface area contributed by atoms with Gasteiger partial charge in [0.25, 0.3) is 0 Å². The van der Waals surface area contributed by atoms with Crippen LogP contribution in [0.15, 0.2) is 35.8 Å². The number of hydrogen-bond acceptors (Lipinski definition) is 7. The van der Waals surface area contributed by atoms with E-state index in [1.165, 1.54) is 11.3 Å². The van der Waals surface area contributed by atoms with Gasteiger partial charge in [-0.3, -0.25) is 4.98 Å². The monoisotopic (exact) mass is 348 g/mol. The number of aryl methyl sites for hydroxylation is 2. The van der Waals surface area contributed by atoms with Crippen molar-refractivity contribution < 1.29 is 0 Å². The summed E-state index contributed by atoms with van der Waals surface area (Å²) in [5, 5.41) is 12.5. The molecule has 5 aromatic rings. The fourth-order valence-electron chi connectivity index (χ4n) is 2.82. The maximum Gasteiger partial charge on any atom is 0.213 e. The zero-order valence-electron chi connectivity index (χ0n) is 13.5. The number of imidazole rings is 1. The highest BCUT2D eigenvalue weighted by molar-refractivity contribution is 7.14. The lowest BCUT2D eigenvalue weighted by Crippen LogP contribution is -1.96. The van der Waals surface area contributed by atoms with E-state index in [1.807, 2.05) is 48.8 Å². The van der Waals surface area contributed by atoms with Gasteiger partial charge in [0.05, 0.1) is 11.4 Å². The van der Waals surface area contributed by atoms with E-state index < -0.39 is 0 Å². The highest BCUT2D eigenvalue weighted by Gasteiger charge is 2.20. The Morgan fingerprint density at radius 1 is 1.00 bits per heavy atom. The van der Waals surface area contributed by atoms with E-state index in [2.05, 4.69) is 20.4 Å². The highest BCUT2D eigenvalue weighted by atomic mass is 32.1. The van der Waals surface area contributed by atoms with Gasteiger partial charge in [-0.05, 0) is 31.2 Å². The van der Waals surface area contributed by atoms with Gasteiger partial charge in [-0.15, -0.1) is 5.10 Å². The molecule has 0 aliphatic carbocycles. The molecule has 0 N–H and O–H groups in total. The molecule has 0 saturated carbocycles. The van der Waals surface area contributed by atoms with Crippen molar-refractivity contribution in [2.45, 2.75) is 6.92 Å². The van der Waals surface area contributed by atoms with E-state index >= 15 is 0 Å². The average Bonchev–Trinajstić information content (AvgIpc) is 3.29. The number of pyridine rings is 2.